The van der Waals surface area contributed by atoms with E-state index in [0.29, 0.717) is 5.69 Å². The molecule has 0 atom stereocenters. The quantitative estimate of drug-likeness (QED) is 0.858. The first-order valence-electron chi connectivity index (χ1n) is 8.86. The lowest BCUT2D eigenvalue weighted by atomic mass is 10.0. The lowest BCUT2D eigenvalue weighted by molar-refractivity contribution is 0.0904. The van der Waals surface area contributed by atoms with Crippen molar-refractivity contribution in [1.29, 1.82) is 0 Å². The summed E-state index contributed by atoms with van der Waals surface area (Å²) in [6, 6.07) is 12.7. The summed E-state index contributed by atoms with van der Waals surface area (Å²) < 4.78 is 0. The zero-order valence-corrected chi connectivity index (χ0v) is 14.3. The minimum absolute atomic E-state index is 0.0601. The van der Waals surface area contributed by atoms with Gasteiger partial charge in [0.1, 0.15) is 5.69 Å². The smallest absolute Gasteiger partial charge is 0.271 e. The number of H-pyrrole nitrogens is 1. The molecule has 2 N–H and O–H groups in total. The van der Waals surface area contributed by atoms with Crippen molar-refractivity contribution in [2.75, 3.05) is 13.1 Å². The number of aromatic nitrogens is 2. The van der Waals surface area contributed by atoms with Crippen LogP contribution in [0.1, 0.15) is 47.9 Å². The molecule has 0 bridgehead atoms. The van der Waals surface area contributed by atoms with Crippen molar-refractivity contribution in [3.63, 3.8) is 0 Å². The molecule has 0 unspecified atom stereocenters. The molecule has 128 valence electrons. The van der Waals surface area contributed by atoms with Crippen LogP contribution in [-0.4, -0.2) is 40.1 Å². The van der Waals surface area contributed by atoms with Crippen molar-refractivity contribution in [3.8, 4) is 0 Å². The highest BCUT2D eigenvalue weighted by Gasteiger charge is 2.22. The molecule has 1 aliphatic rings. The molecule has 24 heavy (non-hydrogen) atoms. The monoisotopic (exact) mass is 326 g/mol. The van der Waals surface area contributed by atoms with Gasteiger partial charge in [0.25, 0.3) is 5.91 Å². The molecule has 3 rings (SSSR count). The van der Waals surface area contributed by atoms with E-state index in [9.17, 15) is 4.79 Å². The summed E-state index contributed by atoms with van der Waals surface area (Å²) in [6.07, 6.45) is 3.96. The average molecular weight is 326 g/mol. The molecule has 0 radical (unpaired) electrons. The number of likely N-dealkylation sites (tertiary alicyclic amines) is 1. The van der Waals surface area contributed by atoms with Gasteiger partial charge in [-0.05, 0) is 30.9 Å². The number of aromatic amines is 1. The number of aryl methyl sites for hydroxylation is 1. The van der Waals surface area contributed by atoms with Crippen molar-refractivity contribution >= 4 is 5.91 Å². The van der Waals surface area contributed by atoms with Gasteiger partial charge in [0.05, 0.1) is 0 Å². The van der Waals surface area contributed by atoms with E-state index in [4.69, 9.17) is 0 Å². The summed E-state index contributed by atoms with van der Waals surface area (Å²) in [6.45, 7) is 5.13. The number of carbonyl (C=O) groups is 1. The first-order valence-corrected chi connectivity index (χ1v) is 8.86. The second kappa shape index (κ2) is 8.11. The van der Waals surface area contributed by atoms with Gasteiger partial charge in [-0.15, -0.1) is 0 Å². The van der Waals surface area contributed by atoms with Gasteiger partial charge in [-0.1, -0.05) is 43.7 Å². The zero-order valence-electron chi connectivity index (χ0n) is 14.3. The summed E-state index contributed by atoms with van der Waals surface area (Å²) in [5, 5.41) is 10.2. The molecule has 1 aromatic heterocycles. The summed E-state index contributed by atoms with van der Waals surface area (Å²) in [7, 11) is 0. The SMILES string of the molecule is CCCc1cc(C(=O)NC2CCN(Cc3ccccc3)CC2)n[nH]1. The molecule has 1 saturated heterocycles. The first-order chi connectivity index (χ1) is 11.7. The number of carbonyl (C=O) groups excluding carboxylic acids is 1. The Labute approximate surface area is 143 Å². The van der Waals surface area contributed by atoms with E-state index >= 15 is 0 Å². The van der Waals surface area contributed by atoms with Crippen molar-refractivity contribution in [2.24, 2.45) is 0 Å². The fraction of sp³-hybridized carbons (Fsp3) is 0.474. The second-order valence-electron chi connectivity index (χ2n) is 6.54. The fourth-order valence-corrected chi connectivity index (χ4v) is 3.21. The number of piperidine rings is 1. The van der Waals surface area contributed by atoms with Crippen LogP contribution in [0.2, 0.25) is 0 Å². The predicted molar refractivity (Wildman–Crippen MR) is 94.8 cm³/mol. The molecule has 2 heterocycles. The van der Waals surface area contributed by atoms with E-state index in [1.807, 2.05) is 12.1 Å². The number of hydrogen-bond acceptors (Lipinski definition) is 3. The Hall–Kier alpha value is -2.14. The molecule has 1 aliphatic heterocycles. The maximum Gasteiger partial charge on any atom is 0.271 e. The first kappa shape index (κ1) is 16.7. The van der Waals surface area contributed by atoms with Gasteiger partial charge < -0.3 is 5.32 Å². The standard InChI is InChI=1S/C19H26N4O/c1-2-6-17-13-18(22-21-17)19(24)20-16-9-11-23(12-10-16)14-15-7-4-3-5-8-15/h3-5,7-8,13,16H,2,6,9-12,14H2,1H3,(H,20,24)(H,21,22). The second-order valence-corrected chi connectivity index (χ2v) is 6.54. The van der Waals surface area contributed by atoms with Crippen LogP contribution in [0.5, 0.6) is 0 Å². The van der Waals surface area contributed by atoms with Crippen LogP contribution in [0.25, 0.3) is 0 Å². The third kappa shape index (κ3) is 4.45. The van der Waals surface area contributed by atoms with Crippen molar-refractivity contribution < 1.29 is 4.79 Å². The molecule has 1 aromatic carbocycles. The zero-order chi connectivity index (χ0) is 16.8. The van der Waals surface area contributed by atoms with Crippen LogP contribution in [0.4, 0.5) is 0 Å². The highest BCUT2D eigenvalue weighted by molar-refractivity contribution is 5.92. The third-order valence-corrected chi connectivity index (χ3v) is 4.55. The van der Waals surface area contributed by atoms with Crippen LogP contribution in [-0.2, 0) is 13.0 Å². The molecule has 2 aromatic rings. The Morgan fingerprint density at radius 2 is 2.04 bits per heavy atom. The van der Waals surface area contributed by atoms with Crippen molar-refractivity contribution in [3.05, 3.63) is 53.3 Å². The highest BCUT2D eigenvalue weighted by Crippen LogP contribution is 2.14. The van der Waals surface area contributed by atoms with Crippen molar-refractivity contribution in [2.45, 2.75) is 45.2 Å². The topological polar surface area (TPSA) is 61.0 Å². The summed E-state index contributed by atoms with van der Waals surface area (Å²) in [5.41, 5.74) is 2.88. The van der Waals surface area contributed by atoms with E-state index in [-0.39, 0.29) is 11.9 Å². The van der Waals surface area contributed by atoms with Gasteiger partial charge >= 0.3 is 0 Å². The molecular weight excluding hydrogens is 300 g/mol. The minimum atomic E-state index is -0.0601. The van der Waals surface area contributed by atoms with Gasteiger partial charge in [0.2, 0.25) is 0 Å². The van der Waals surface area contributed by atoms with E-state index < -0.39 is 0 Å². The number of nitrogens with one attached hydrogen (secondary N) is 2. The van der Waals surface area contributed by atoms with Crippen LogP contribution in [0, 0.1) is 0 Å². The molecule has 1 amide bonds. The lowest BCUT2D eigenvalue weighted by Gasteiger charge is -2.32. The molecule has 0 aliphatic carbocycles. The largest absolute Gasteiger partial charge is 0.348 e. The Bertz CT molecular complexity index is 644. The minimum Gasteiger partial charge on any atom is -0.348 e. The van der Waals surface area contributed by atoms with Gasteiger partial charge in [0.15, 0.2) is 0 Å². The highest BCUT2D eigenvalue weighted by atomic mass is 16.2. The fourth-order valence-electron chi connectivity index (χ4n) is 3.21. The Morgan fingerprint density at radius 3 is 2.75 bits per heavy atom. The molecule has 0 spiro atoms. The summed E-state index contributed by atoms with van der Waals surface area (Å²) >= 11 is 0. The normalized spacial score (nSPS) is 16.2. The van der Waals surface area contributed by atoms with Gasteiger partial charge in [-0.2, -0.15) is 5.10 Å². The maximum atomic E-state index is 12.3. The number of nitrogens with zero attached hydrogens (tertiary/aromatic N) is 2. The molecule has 1 fully saturated rings. The number of rotatable bonds is 6. The van der Waals surface area contributed by atoms with Crippen LogP contribution in [0.15, 0.2) is 36.4 Å². The van der Waals surface area contributed by atoms with Crippen LogP contribution < -0.4 is 5.32 Å². The average Bonchev–Trinajstić information content (AvgIpc) is 3.07. The summed E-state index contributed by atoms with van der Waals surface area (Å²) in [4.78, 5) is 14.7. The van der Waals surface area contributed by atoms with E-state index in [1.54, 1.807) is 0 Å². The van der Waals surface area contributed by atoms with Crippen LogP contribution in [0.3, 0.4) is 0 Å². The van der Waals surface area contributed by atoms with Crippen molar-refractivity contribution in [1.82, 2.24) is 20.4 Å². The van der Waals surface area contributed by atoms with Gasteiger partial charge in [-0.3, -0.25) is 14.8 Å². The third-order valence-electron chi connectivity index (χ3n) is 4.55. The molecule has 5 heteroatoms. The number of benzene rings is 1. The molecule has 5 nitrogen and oxygen atoms in total. The van der Waals surface area contributed by atoms with E-state index in [1.165, 1.54) is 5.56 Å². The maximum absolute atomic E-state index is 12.3. The van der Waals surface area contributed by atoms with E-state index in [2.05, 4.69) is 51.6 Å². The molecule has 0 saturated carbocycles. The van der Waals surface area contributed by atoms with Crippen LogP contribution >= 0.6 is 0 Å². The number of amides is 1. The van der Waals surface area contributed by atoms with Gasteiger partial charge in [0, 0.05) is 31.4 Å². The lowest BCUT2D eigenvalue weighted by Crippen LogP contribution is -2.44. The Morgan fingerprint density at radius 1 is 1.29 bits per heavy atom. The molecular formula is C19H26N4O. The Kier molecular flexibility index (Phi) is 5.64. The number of hydrogen-bond donors (Lipinski definition) is 2. The Balaban J connectivity index is 1.45. The predicted octanol–water partition coefficient (Wildman–Crippen LogP) is 2.76. The van der Waals surface area contributed by atoms with E-state index in [0.717, 1.165) is 51.0 Å². The summed E-state index contributed by atoms with van der Waals surface area (Å²) in [5.74, 6) is -0.0601. The van der Waals surface area contributed by atoms with Gasteiger partial charge in [-0.25, -0.2) is 0 Å².